The summed E-state index contributed by atoms with van der Waals surface area (Å²) in [4.78, 5) is 16.2. The zero-order chi connectivity index (χ0) is 16.0. The number of halogens is 2. The summed E-state index contributed by atoms with van der Waals surface area (Å²) < 4.78 is 1.04. The number of carboxylic acids is 1. The van der Waals surface area contributed by atoms with Crippen LogP contribution in [-0.4, -0.2) is 16.1 Å². The molecular formula is C16H11Cl2NO2S. The summed E-state index contributed by atoms with van der Waals surface area (Å²) in [5, 5.41) is 10.2. The second kappa shape index (κ2) is 5.54. The molecule has 0 atom stereocenters. The number of nitrogens with zero attached hydrogens (tertiary/aromatic N) is 1. The fraction of sp³-hybridized carbons (Fsp3) is 0.125. The van der Waals surface area contributed by atoms with Crippen molar-refractivity contribution in [1.82, 2.24) is 4.98 Å². The first-order valence-corrected chi connectivity index (χ1v) is 8.04. The molecule has 112 valence electrons. The maximum atomic E-state index is 11.6. The van der Waals surface area contributed by atoms with Gasteiger partial charge in [-0.3, -0.25) is 0 Å². The average molecular weight is 352 g/mol. The van der Waals surface area contributed by atoms with Crippen LogP contribution in [-0.2, 0) is 0 Å². The monoisotopic (exact) mass is 351 g/mol. The first-order chi connectivity index (χ1) is 10.4. The van der Waals surface area contributed by atoms with Crippen LogP contribution in [0.2, 0.25) is 8.67 Å². The molecule has 0 saturated carbocycles. The molecule has 0 fully saturated rings. The highest BCUT2D eigenvalue weighted by molar-refractivity contribution is 7.20. The molecule has 0 unspecified atom stereocenters. The molecule has 0 aliphatic rings. The number of carboxylic acid groups (broad SMARTS) is 1. The van der Waals surface area contributed by atoms with Gasteiger partial charge < -0.3 is 5.11 Å². The summed E-state index contributed by atoms with van der Waals surface area (Å²) in [5.74, 6) is -0.990. The maximum Gasteiger partial charge on any atom is 0.336 e. The standard InChI is InChI=1S/C16H11Cl2NO2S/c1-7-3-8(2)14-9(4-7)10(16(20)21)5-12(19-14)11-6-13(17)22-15(11)18/h3-6H,1-2H3,(H,20,21). The summed E-state index contributed by atoms with van der Waals surface area (Å²) in [6.07, 6.45) is 0. The number of hydrogen-bond donors (Lipinski definition) is 1. The summed E-state index contributed by atoms with van der Waals surface area (Å²) in [6.45, 7) is 3.85. The number of thiophene rings is 1. The normalized spacial score (nSPS) is 11.1. The molecule has 1 aromatic carbocycles. The van der Waals surface area contributed by atoms with Gasteiger partial charge in [-0.05, 0) is 37.6 Å². The molecule has 0 saturated heterocycles. The van der Waals surface area contributed by atoms with Gasteiger partial charge in [0, 0.05) is 10.9 Å². The van der Waals surface area contributed by atoms with Crippen LogP contribution in [0, 0.1) is 13.8 Å². The van der Waals surface area contributed by atoms with Crippen molar-refractivity contribution in [3.8, 4) is 11.3 Å². The highest BCUT2D eigenvalue weighted by atomic mass is 35.5. The van der Waals surface area contributed by atoms with Crippen molar-refractivity contribution >= 4 is 51.4 Å². The summed E-state index contributed by atoms with van der Waals surface area (Å²) in [5.41, 5.74) is 3.98. The molecule has 0 aliphatic carbocycles. The molecule has 2 aromatic heterocycles. The zero-order valence-electron chi connectivity index (χ0n) is 11.8. The lowest BCUT2D eigenvalue weighted by Crippen LogP contribution is -2.01. The Morgan fingerprint density at radius 1 is 1.18 bits per heavy atom. The quantitative estimate of drug-likeness (QED) is 0.654. The van der Waals surface area contributed by atoms with Crippen LogP contribution < -0.4 is 0 Å². The highest BCUT2D eigenvalue weighted by Crippen LogP contribution is 2.38. The van der Waals surface area contributed by atoms with Crippen LogP contribution in [0.25, 0.3) is 22.2 Å². The SMILES string of the molecule is Cc1cc(C)c2nc(-c3cc(Cl)sc3Cl)cc(C(=O)O)c2c1. The molecule has 0 amide bonds. The van der Waals surface area contributed by atoms with E-state index in [1.54, 1.807) is 12.1 Å². The molecule has 0 bridgehead atoms. The molecule has 3 aromatic rings. The lowest BCUT2D eigenvalue weighted by Gasteiger charge is -2.09. The van der Waals surface area contributed by atoms with Gasteiger partial charge in [-0.25, -0.2) is 9.78 Å². The van der Waals surface area contributed by atoms with E-state index in [0.717, 1.165) is 11.1 Å². The number of aryl methyl sites for hydroxylation is 2. The van der Waals surface area contributed by atoms with Crippen LogP contribution in [0.3, 0.4) is 0 Å². The topological polar surface area (TPSA) is 50.2 Å². The fourth-order valence-corrected chi connectivity index (χ4v) is 3.99. The van der Waals surface area contributed by atoms with Crippen molar-refractivity contribution in [3.05, 3.63) is 49.6 Å². The predicted molar refractivity (Wildman–Crippen MR) is 91.5 cm³/mol. The lowest BCUT2D eigenvalue weighted by atomic mass is 10.0. The average Bonchev–Trinajstić information content (AvgIpc) is 2.76. The highest BCUT2D eigenvalue weighted by Gasteiger charge is 2.17. The minimum absolute atomic E-state index is 0.213. The third-order valence-electron chi connectivity index (χ3n) is 3.41. The molecular weight excluding hydrogens is 341 g/mol. The van der Waals surface area contributed by atoms with E-state index in [9.17, 15) is 9.90 Å². The zero-order valence-corrected chi connectivity index (χ0v) is 14.1. The number of benzene rings is 1. The van der Waals surface area contributed by atoms with E-state index in [2.05, 4.69) is 4.98 Å². The van der Waals surface area contributed by atoms with E-state index in [0.29, 0.717) is 30.8 Å². The Bertz CT molecular complexity index is 918. The largest absolute Gasteiger partial charge is 0.478 e. The fourth-order valence-electron chi connectivity index (χ4n) is 2.51. The molecule has 2 heterocycles. The maximum absolute atomic E-state index is 11.6. The molecule has 1 N–H and O–H groups in total. The number of pyridine rings is 1. The van der Waals surface area contributed by atoms with Crippen LogP contribution in [0.5, 0.6) is 0 Å². The molecule has 0 spiro atoms. The number of rotatable bonds is 2. The first kappa shape index (κ1) is 15.3. The van der Waals surface area contributed by atoms with Crippen molar-refractivity contribution in [2.24, 2.45) is 0 Å². The van der Waals surface area contributed by atoms with Gasteiger partial charge in [0.2, 0.25) is 0 Å². The second-order valence-corrected chi connectivity index (χ2v) is 7.36. The van der Waals surface area contributed by atoms with E-state index in [-0.39, 0.29) is 5.56 Å². The van der Waals surface area contributed by atoms with E-state index in [4.69, 9.17) is 23.2 Å². The van der Waals surface area contributed by atoms with Crippen molar-refractivity contribution in [2.45, 2.75) is 13.8 Å². The van der Waals surface area contributed by atoms with E-state index < -0.39 is 5.97 Å². The van der Waals surface area contributed by atoms with Crippen molar-refractivity contribution in [2.75, 3.05) is 0 Å². The van der Waals surface area contributed by atoms with Crippen LogP contribution in [0.15, 0.2) is 24.3 Å². The van der Waals surface area contributed by atoms with Crippen LogP contribution in [0.4, 0.5) is 0 Å². The van der Waals surface area contributed by atoms with Gasteiger partial charge in [0.1, 0.15) is 4.34 Å². The van der Waals surface area contributed by atoms with Gasteiger partial charge in [-0.1, -0.05) is 34.8 Å². The predicted octanol–water partition coefficient (Wildman–Crippen LogP) is 5.59. The number of carbonyl (C=O) groups is 1. The Balaban J connectivity index is 2.39. The van der Waals surface area contributed by atoms with Gasteiger partial charge in [-0.15, -0.1) is 11.3 Å². The molecule has 3 rings (SSSR count). The first-order valence-electron chi connectivity index (χ1n) is 6.47. The number of aromatic nitrogens is 1. The Hall–Kier alpha value is -1.62. The molecule has 22 heavy (non-hydrogen) atoms. The number of hydrogen-bond acceptors (Lipinski definition) is 3. The third-order valence-corrected chi connectivity index (χ3v) is 4.90. The lowest BCUT2D eigenvalue weighted by molar-refractivity contribution is 0.0699. The molecule has 3 nitrogen and oxygen atoms in total. The Kier molecular flexibility index (Phi) is 3.85. The number of aromatic carboxylic acids is 1. The Morgan fingerprint density at radius 3 is 2.50 bits per heavy atom. The van der Waals surface area contributed by atoms with E-state index in [1.165, 1.54) is 11.3 Å². The second-order valence-electron chi connectivity index (χ2n) is 5.08. The molecule has 0 aliphatic heterocycles. The summed E-state index contributed by atoms with van der Waals surface area (Å²) in [7, 11) is 0. The molecule has 6 heteroatoms. The van der Waals surface area contributed by atoms with Gasteiger partial charge in [0.25, 0.3) is 0 Å². The van der Waals surface area contributed by atoms with E-state index in [1.807, 2.05) is 26.0 Å². The van der Waals surface area contributed by atoms with Crippen molar-refractivity contribution in [3.63, 3.8) is 0 Å². The minimum atomic E-state index is -0.990. The Labute approximate surface area is 141 Å². The van der Waals surface area contributed by atoms with Gasteiger partial charge in [-0.2, -0.15) is 0 Å². The molecule has 0 radical (unpaired) electrons. The van der Waals surface area contributed by atoms with Crippen LogP contribution >= 0.6 is 34.5 Å². The third kappa shape index (κ3) is 2.58. The smallest absolute Gasteiger partial charge is 0.336 e. The van der Waals surface area contributed by atoms with Gasteiger partial charge >= 0.3 is 5.97 Å². The number of fused-ring (bicyclic) bond motifs is 1. The van der Waals surface area contributed by atoms with Crippen molar-refractivity contribution in [1.29, 1.82) is 0 Å². The van der Waals surface area contributed by atoms with Gasteiger partial charge in [0.05, 0.1) is 21.1 Å². The summed E-state index contributed by atoms with van der Waals surface area (Å²) in [6, 6.07) is 7.07. The van der Waals surface area contributed by atoms with E-state index >= 15 is 0 Å². The van der Waals surface area contributed by atoms with Crippen LogP contribution in [0.1, 0.15) is 21.5 Å². The van der Waals surface area contributed by atoms with Gasteiger partial charge in [0.15, 0.2) is 0 Å². The minimum Gasteiger partial charge on any atom is -0.478 e. The Morgan fingerprint density at radius 2 is 1.91 bits per heavy atom. The summed E-state index contributed by atoms with van der Waals surface area (Å²) >= 11 is 13.4. The van der Waals surface area contributed by atoms with Crippen molar-refractivity contribution < 1.29 is 9.90 Å².